The third-order valence-electron chi connectivity index (χ3n) is 6.17. The first kappa shape index (κ1) is 23.8. The maximum Gasteiger partial charge on any atom is 0.424 e. The first-order valence-electron chi connectivity index (χ1n) is 11.0. The lowest BCUT2D eigenvalue weighted by molar-refractivity contribution is -0.144. The lowest BCUT2D eigenvalue weighted by Crippen LogP contribution is -2.68. The van der Waals surface area contributed by atoms with E-state index in [1.807, 2.05) is 0 Å². The van der Waals surface area contributed by atoms with E-state index in [0.717, 1.165) is 5.01 Å². The van der Waals surface area contributed by atoms with E-state index in [0.29, 0.717) is 38.4 Å². The minimum Gasteiger partial charge on any atom is -0.449 e. The highest BCUT2D eigenvalue weighted by atomic mass is 19.1. The van der Waals surface area contributed by atoms with Crippen LogP contribution in [0.3, 0.4) is 0 Å². The second kappa shape index (κ2) is 9.76. The number of carbonyl (C=O) groups excluding carboxylic acids is 4. The number of aromatic nitrogens is 2. The Morgan fingerprint density at radius 2 is 1.97 bits per heavy atom. The van der Waals surface area contributed by atoms with Gasteiger partial charge in [-0.2, -0.15) is 5.10 Å². The molecule has 0 bridgehead atoms. The minimum absolute atomic E-state index is 0.0322. The van der Waals surface area contributed by atoms with Crippen molar-refractivity contribution in [3.63, 3.8) is 0 Å². The number of hydrazine groups is 1. The number of ketones is 1. The summed E-state index contributed by atoms with van der Waals surface area (Å²) >= 11 is 0. The second-order valence-corrected chi connectivity index (χ2v) is 8.54. The van der Waals surface area contributed by atoms with E-state index in [1.165, 1.54) is 4.68 Å². The Balaban J connectivity index is 1.78. The van der Waals surface area contributed by atoms with Gasteiger partial charge in [-0.25, -0.2) is 19.6 Å². The summed E-state index contributed by atoms with van der Waals surface area (Å²) in [6.07, 6.45) is 4.25. The number of aldehydes is 1. The van der Waals surface area contributed by atoms with E-state index < -0.39 is 35.0 Å². The number of anilines is 1. The Hall–Kier alpha value is -2.82. The van der Waals surface area contributed by atoms with E-state index in [2.05, 4.69) is 15.8 Å². The topological polar surface area (TPSA) is 123 Å². The van der Waals surface area contributed by atoms with Crippen LogP contribution in [0, 0.1) is 0 Å². The molecule has 3 rings (SSSR count). The third kappa shape index (κ3) is 5.14. The van der Waals surface area contributed by atoms with E-state index in [1.54, 1.807) is 26.2 Å². The smallest absolute Gasteiger partial charge is 0.424 e. The fraction of sp³-hybridized carbons (Fsp3) is 0.667. The number of nitrogens with one attached hydrogen (secondary N) is 2. The lowest BCUT2D eigenvalue weighted by Gasteiger charge is -2.45. The molecule has 2 amide bonds. The van der Waals surface area contributed by atoms with Crippen molar-refractivity contribution in [1.29, 1.82) is 0 Å². The first-order chi connectivity index (χ1) is 15.2. The zero-order valence-corrected chi connectivity index (χ0v) is 18.4. The van der Waals surface area contributed by atoms with Crippen molar-refractivity contribution in [2.75, 3.05) is 11.9 Å². The van der Waals surface area contributed by atoms with Crippen LogP contribution >= 0.6 is 0 Å². The maximum atomic E-state index is 15.1. The maximum absolute atomic E-state index is 15.1. The van der Waals surface area contributed by atoms with Crippen LogP contribution in [0.2, 0.25) is 0 Å². The zero-order valence-electron chi connectivity index (χ0n) is 18.4. The number of rotatable bonds is 10. The van der Waals surface area contributed by atoms with Crippen LogP contribution in [0.5, 0.6) is 0 Å². The molecule has 1 aromatic rings. The molecule has 10 nitrogen and oxygen atoms in total. The van der Waals surface area contributed by atoms with Crippen molar-refractivity contribution < 1.29 is 28.3 Å². The molecule has 2 aliphatic carbocycles. The van der Waals surface area contributed by atoms with Crippen LogP contribution < -0.4 is 10.7 Å². The number of ether oxygens (including phenoxy) is 1. The summed E-state index contributed by atoms with van der Waals surface area (Å²) in [5, 5.41) is 7.36. The summed E-state index contributed by atoms with van der Waals surface area (Å²) in [5.41, 5.74) is -0.157. The Kier molecular flexibility index (Phi) is 7.27. The summed E-state index contributed by atoms with van der Waals surface area (Å²) in [4.78, 5) is 50.2. The largest absolute Gasteiger partial charge is 0.449 e. The first-order valence-corrected chi connectivity index (χ1v) is 11.0. The van der Waals surface area contributed by atoms with Crippen molar-refractivity contribution in [2.45, 2.75) is 75.5 Å². The van der Waals surface area contributed by atoms with E-state index in [9.17, 15) is 19.2 Å². The summed E-state index contributed by atoms with van der Waals surface area (Å²) in [6, 6.07) is 0.364. The van der Waals surface area contributed by atoms with Gasteiger partial charge < -0.3 is 14.8 Å². The number of Topliss-reactive ketones (excluding diaryl/α,β-unsaturated/α-hetero) is 1. The molecule has 1 heterocycles. The van der Waals surface area contributed by atoms with Crippen molar-refractivity contribution >= 4 is 29.9 Å². The predicted molar refractivity (Wildman–Crippen MR) is 112 cm³/mol. The van der Waals surface area contributed by atoms with E-state index >= 15 is 4.39 Å². The zero-order chi connectivity index (χ0) is 23.4. The summed E-state index contributed by atoms with van der Waals surface area (Å²) in [5.74, 6) is -1.46. The fourth-order valence-corrected chi connectivity index (χ4v) is 4.27. The third-order valence-corrected chi connectivity index (χ3v) is 6.17. The molecule has 1 aromatic heterocycles. The second-order valence-electron chi connectivity index (χ2n) is 8.54. The normalized spacial score (nSPS) is 19.5. The number of nitrogens with zero attached hydrogens (tertiary/aromatic N) is 3. The number of hydrogen-bond acceptors (Lipinski definition) is 7. The highest BCUT2D eigenvalue weighted by Gasteiger charge is 2.51. The fourth-order valence-electron chi connectivity index (χ4n) is 4.27. The Morgan fingerprint density at radius 3 is 2.47 bits per heavy atom. The highest BCUT2D eigenvalue weighted by Crippen LogP contribution is 2.39. The molecule has 1 unspecified atom stereocenters. The summed E-state index contributed by atoms with van der Waals surface area (Å²) in [7, 11) is 1.67. The standard InChI is InChI=1S/C21H30FN5O5/c1-3-32-19(31)27(15(14-28)13-20(22)8-4-5-9-20)25-21(10-6-11-21)17(29)18(30)23-16-7-12-26(2)24-16/h7,12,14-15,25H,3-6,8-11,13H2,1-2H3,(H,23,24,30). The molecule has 2 saturated carbocycles. The molecular weight excluding hydrogens is 421 g/mol. The van der Waals surface area contributed by atoms with Crippen LogP contribution in [0.25, 0.3) is 0 Å². The summed E-state index contributed by atoms with van der Waals surface area (Å²) < 4.78 is 21.6. The number of amides is 2. The van der Waals surface area contributed by atoms with Gasteiger partial charge in [0.15, 0.2) is 5.82 Å². The molecule has 2 fully saturated rings. The van der Waals surface area contributed by atoms with Gasteiger partial charge >= 0.3 is 6.09 Å². The van der Waals surface area contributed by atoms with Crippen LogP contribution in [0.1, 0.15) is 58.3 Å². The molecule has 0 aliphatic heterocycles. The summed E-state index contributed by atoms with van der Waals surface area (Å²) in [6.45, 7) is 1.63. The Morgan fingerprint density at radius 1 is 1.28 bits per heavy atom. The van der Waals surface area contributed by atoms with E-state index in [4.69, 9.17) is 4.74 Å². The molecule has 0 radical (unpaired) electrons. The Labute approximate surface area is 185 Å². The van der Waals surface area contributed by atoms with Gasteiger partial charge in [-0.15, -0.1) is 0 Å². The average Bonchev–Trinajstić information content (AvgIpc) is 3.34. The molecule has 2 N–H and O–H groups in total. The number of hydrogen-bond donors (Lipinski definition) is 2. The van der Waals surface area contributed by atoms with Crippen molar-refractivity contribution in [1.82, 2.24) is 20.2 Å². The quantitative estimate of drug-likeness (QED) is 0.317. The molecular formula is C21H30FN5O5. The van der Waals surface area contributed by atoms with Gasteiger partial charge in [0.1, 0.15) is 23.5 Å². The van der Waals surface area contributed by atoms with Gasteiger partial charge in [-0.1, -0.05) is 12.8 Å². The molecule has 1 atom stereocenters. The van der Waals surface area contributed by atoms with E-state index in [-0.39, 0.29) is 31.7 Å². The van der Waals surface area contributed by atoms with Crippen molar-refractivity contribution in [3.8, 4) is 0 Å². The highest BCUT2D eigenvalue weighted by molar-refractivity contribution is 6.43. The molecule has 11 heteroatoms. The van der Waals surface area contributed by atoms with Gasteiger partial charge in [0.05, 0.1) is 6.61 Å². The number of alkyl halides is 1. The number of carbonyl (C=O) groups is 4. The number of aryl methyl sites for hydroxylation is 1. The van der Waals surface area contributed by atoms with Gasteiger partial charge in [-0.05, 0) is 39.0 Å². The predicted octanol–water partition coefficient (Wildman–Crippen LogP) is 2.05. The number of halogens is 1. The molecule has 176 valence electrons. The van der Waals surface area contributed by atoms with Crippen LogP contribution in [-0.4, -0.2) is 62.7 Å². The van der Waals surface area contributed by atoms with Crippen LogP contribution in [-0.2, 0) is 26.2 Å². The lowest BCUT2D eigenvalue weighted by atomic mass is 9.73. The molecule has 2 aliphatic rings. The molecule has 0 spiro atoms. The molecule has 0 aromatic carbocycles. The molecule has 32 heavy (non-hydrogen) atoms. The van der Waals surface area contributed by atoms with Gasteiger partial charge in [-0.3, -0.25) is 14.3 Å². The van der Waals surface area contributed by atoms with Gasteiger partial charge in [0, 0.05) is 25.7 Å². The minimum atomic E-state index is -1.56. The van der Waals surface area contributed by atoms with Crippen molar-refractivity contribution in [3.05, 3.63) is 12.3 Å². The van der Waals surface area contributed by atoms with Crippen LogP contribution in [0.4, 0.5) is 15.0 Å². The van der Waals surface area contributed by atoms with Gasteiger partial charge in [0.2, 0.25) is 5.78 Å². The monoisotopic (exact) mass is 451 g/mol. The van der Waals surface area contributed by atoms with Crippen LogP contribution in [0.15, 0.2) is 12.3 Å². The van der Waals surface area contributed by atoms with Crippen molar-refractivity contribution in [2.24, 2.45) is 7.05 Å². The Bertz CT molecular complexity index is 863. The van der Waals surface area contributed by atoms with Gasteiger partial charge in [0.25, 0.3) is 5.91 Å². The molecule has 0 saturated heterocycles. The SMILES string of the molecule is CCOC(=O)N(NC1(C(=O)C(=O)Nc2ccn(C)n2)CCC1)C(C=O)CC1(F)CCCC1. The average molecular weight is 451 g/mol.